The predicted octanol–water partition coefficient (Wildman–Crippen LogP) is 4.41. The number of aryl methyl sites for hydroxylation is 1. The molecule has 0 aliphatic heterocycles. The van der Waals surface area contributed by atoms with Gasteiger partial charge in [-0.15, -0.1) is 0 Å². The minimum atomic E-state index is 1.19. The van der Waals surface area contributed by atoms with Crippen molar-refractivity contribution >= 4 is 15.2 Å². The quantitative estimate of drug-likeness (QED) is 0.502. The Kier molecular flexibility index (Phi) is 7.89. The molecule has 16 heavy (non-hydrogen) atoms. The van der Waals surface area contributed by atoms with Gasteiger partial charge in [-0.05, 0) is 0 Å². The van der Waals surface area contributed by atoms with E-state index >= 15 is 0 Å². The molecule has 1 rings (SSSR count). The van der Waals surface area contributed by atoms with Gasteiger partial charge < -0.3 is 0 Å². The molecule has 0 spiro atoms. The Bertz CT molecular complexity index is 309. The van der Waals surface area contributed by atoms with Crippen molar-refractivity contribution in [2.24, 2.45) is 0 Å². The zero-order valence-corrected chi connectivity index (χ0v) is 11.8. The Hall–Kier alpha value is -0.0665. The van der Waals surface area contributed by atoms with Gasteiger partial charge in [0.1, 0.15) is 0 Å². The number of benzene rings is 1. The zero-order chi connectivity index (χ0) is 11.6. The molecule has 2 heteroatoms. The summed E-state index contributed by atoms with van der Waals surface area (Å²) in [6.45, 7) is 2.26. The van der Waals surface area contributed by atoms with E-state index in [1.54, 1.807) is 0 Å². The third-order valence-electron chi connectivity index (χ3n) is 2.80. The molecule has 0 aliphatic rings. The topological polar surface area (TPSA) is 0 Å². The van der Waals surface area contributed by atoms with E-state index in [1.807, 2.05) is 0 Å². The van der Waals surface area contributed by atoms with E-state index < -0.39 is 0 Å². The van der Waals surface area contributed by atoms with Crippen molar-refractivity contribution in [3.8, 4) is 0 Å². The summed E-state index contributed by atoms with van der Waals surface area (Å²) in [5.41, 5.74) is 1.44. The second kappa shape index (κ2) is 9.01. The molecule has 0 saturated heterocycles. The van der Waals surface area contributed by atoms with Crippen LogP contribution in [0.15, 0.2) is 24.3 Å². The van der Waals surface area contributed by atoms with E-state index in [0.29, 0.717) is 0 Å². The third-order valence-corrected chi connectivity index (χ3v) is 4.07. The Balaban J connectivity index is 2.23. The molecule has 0 amide bonds. The van der Waals surface area contributed by atoms with Gasteiger partial charge in [0.15, 0.2) is 0 Å². The van der Waals surface area contributed by atoms with E-state index in [9.17, 15) is 0 Å². The maximum absolute atomic E-state index is 5.08. The van der Waals surface area contributed by atoms with Gasteiger partial charge in [-0.2, -0.15) is 0 Å². The molecule has 0 aliphatic carbocycles. The fourth-order valence-corrected chi connectivity index (χ4v) is 2.86. The molecule has 0 atom stereocenters. The summed E-state index contributed by atoms with van der Waals surface area (Å²) < 4.78 is 1.29. The van der Waals surface area contributed by atoms with Gasteiger partial charge in [0.05, 0.1) is 0 Å². The van der Waals surface area contributed by atoms with Crippen LogP contribution in [0.3, 0.4) is 0 Å². The van der Waals surface area contributed by atoms with Gasteiger partial charge in [-0.3, -0.25) is 0 Å². The van der Waals surface area contributed by atoms with Crippen LogP contribution in [0, 0.1) is 0 Å². The summed E-state index contributed by atoms with van der Waals surface area (Å²) in [5, 5.41) is 0. The standard InChI is InChI=1S/C14H21.Ni.S/c1-2-3-4-5-6-8-11-14-12-9-7-10-13-14;;/h7,9-10,12H,2-6,8,11H2,1H3;;. The van der Waals surface area contributed by atoms with Crippen LogP contribution in [0.5, 0.6) is 0 Å². The molecule has 0 nitrogen and oxygen atoms in total. The van der Waals surface area contributed by atoms with Crippen LogP contribution in [0.25, 0.3) is 0 Å². The first kappa shape index (κ1) is 14.0. The van der Waals surface area contributed by atoms with Crippen molar-refractivity contribution in [2.75, 3.05) is 0 Å². The molecule has 0 N–H and O–H groups in total. The Morgan fingerprint density at radius 1 is 1.00 bits per heavy atom. The number of hydrogen-bond donors (Lipinski definition) is 0. The van der Waals surface area contributed by atoms with Crippen molar-refractivity contribution < 1.29 is 12.8 Å². The molecule has 0 heterocycles. The van der Waals surface area contributed by atoms with Crippen LogP contribution in [0.4, 0.5) is 0 Å². The van der Waals surface area contributed by atoms with E-state index in [-0.39, 0.29) is 0 Å². The second-order valence-corrected chi connectivity index (χ2v) is 5.41. The molecule has 0 radical (unpaired) electrons. The van der Waals surface area contributed by atoms with Gasteiger partial charge in [0, 0.05) is 0 Å². The normalized spacial score (nSPS) is 10.8. The van der Waals surface area contributed by atoms with Crippen LogP contribution in [-0.2, 0) is 19.3 Å². The number of unbranched alkanes of at least 4 members (excludes halogenated alkanes) is 5. The SMILES string of the molecule is CCCCCCCCc1cccc[c]1[Ni]=[S]. The van der Waals surface area contributed by atoms with Crippen LogP contribution in [0.2, 0.25) is 0 Å². The molecule has 0 unspecified atom stereocenters. The van der Waals surface area contributed by atoms with Gasteiger partial charge in [-0.1, -0.05) is 0 Å². The summed E-state index contributed by atoms with van der Waals surface area (Å²) in [4.78, 5) is 0. The van der Waals surface area contributed by atoms with E-state index in [1.165, 1.54) is 67.9 Å². The van der Waals surface area contributed by atoms with E-state index in [4.69, 9.17) is 10.7 Å². The maximum atomic E-state index is 5.08. The van der Waals surface area contributed by atoms with Crippen molar-refractivity contribution in [3.63, 3.8) is 0 Å². The molecule has 1 aromatic rings. The van der Waals surface area contributed by atoms with Crippen molar-refractivity contribution in [2.45, 2.75) is 51.9 Å². The zero-order valence-electron chi connectivity index (χ0n) is 9.98. The van der Waals surface area contributed by atoms with Crippen molar-refractivity contribution in [1.82, 2.24) is 0 Å². The Morgan fingerprint density at radius 3 is 2.44 bits per heavy atom. The molecule has 0 aromatic heterocycles. The van der Waals surface area contributed by atoms with Gasteiger partial charge in [0.2, 0.25) is 0 Å². The molecule has 93 valence electrons. The first-order valence-electron chi connectivity index (χ1n) is 6.18. The van der Waals surface area contributed by atoms with E-state index in [2.05, 4.69) is 31.2 Å². The monoisotopic (exact) mass is 279 g/mol. The van der Waals surface area contributed by atoms with Crippen molar-refractivity contribution in [1.29, 1.82) is 0 Å². The Labute approximate surface area is 110 Å². The van der Waals surface area contributed by atoms with Crippen LogP contribution < -0.4 is 4.53 Å². The summed E-state index contributed by atoms with van der Waals surface area (Å²) in [6.07, 6.45) is 9.36. The molecule has 1 aromatic carbocycles. The fourth-order valence-electron chi connectivity index (χ4n) is 1.84. The van der Waals surface area contributed by atoms with E-state index in [0.717, 1.165) is 0 Å². The molecular formula is C14H21NiS. The van der Waals surface area contributed by atoms with Crippen LogP contribution in [-0.4, -0.2) is 0 Å². The average Bonchev–Trinajstić information content (AvgIpc) is 2.34. The van der Waals surface area contributed by atoms with Crippen LogP contribution >= 0.6 is 10.7 Å². The molecule has 0 fully saturated rings. The second-order valence-electron chi connectivity index (χ2n) is 4.14. The molecule has 0 bridgehead atoms. The summed E-state index contributed by atoms with van der Waals surface area (Å²) in [7, 11) is 5.08. The Morgan fingerprint density at radius 2 is 1.69 bits per heavy atom. The van der Waals surface area contributed by atoms with Gasteiger partial charge in [-0.25, -0.2) is 0 Å². The van der Waals surface area contributed by atoms with Gasteiger partial charge in [0.25, 0.3) is 0 Å². The van der Waals surface area contributed by atoms with Gasteiger partial charge >= 0.3 is 110 Å². The van der Waals surface area contributed by atoms with Crippen molar-refractivity contribution in [3.05, 3.63) is 29.8 Å². The fraction of sp³-hybridized carbons (Fsp3) is 0.571. The predicted molar refractivity (Wildman–Crippen MR) is 70.7 cm³/mol. The van der Waals surface area contributed by atoms with Crippen LogP contribution in [0.1, 0.15) is 51.0 Å². The first-order chi connectivity index (χ1) is 7.88. The minimum absolute atomic E-state index is 1.19. The summed E-state index contributed by atoms with van der Waals surface area (Å²) >= 11 is 1.28. The third kappa shape index (κ3) is 5.32. The molecular weight excluding hydrogens is 259 g/mol. The number of hydrogen-bond acceptors (Lipinski definition) is 1. The summed E-state index contributed by atoms with van der Waals surface area (Å²) in [6, 6.07) is 8.54. The summed E-state index contributed by atoms with van der Waals surface area (Å²) in [5.74, 6) is 0. The average molecular weight is 280 g/mol. The first-order valence-corrected chi connectivity index (χ1v) is 8.14. The molecule has 0 saturated carbocycles. The number of rotatable bonds is 8.